The minimum atomic E-state index is -0.430. The van der Waals surface area contributed by atoms with Gasteiger partial charge >= 0.3 is 0 Å². The van der Waals surface area contributed by atoms with Crippen LogP contribution in [-0.2, 0) is 13.0 Å². The Kier molecular flexibility index (Phi) is 4.93. The molecule has 4 rings (SSSR count). The Hall–Kier alpha value is -3.07. The lowest BCUT2D eigenvalue weighted by atomic mass is 10.2. The summed E-state index contributed by atoms with van der Waals surface area (Å²) < 4.78 is 21.9. The van der Waals surface area contributed by atoms with Crippen molar-refractivity contribution in [2.75, 3.05) is 0 Å². The molecule has 0 aromatic carbocycles. The van der Waals surface area contributed by atoms with Gasteiger partial charge in [-0.25, -0.2) is 14.4 Å². The smallest absolute Gasteiger partial charge is 0.198 e. The van der Waals surface area contributed by atoms with E-state index in [4.69, 9.17) is 4.42 Å². The first kappa shape index (κ1) is 17.3. The van der Waals surface area contributed by atoms with Gasteiger partial charge in [0.25, 0.3) is 0 Å². The van der Waals surface area contributed by atoms with Crippen LogP contribution in [0.4, 0.5) is 4.39 Å². The van der Waals surface area contributed by atoms with Gasteiger partial charge in [0, 0.05) is 18.0 Å². The highest BCUT2D eigenvalue weighted by Gasteiger charge is 2.19. The molecule has 0 N–H and O–H groups in total. The van der Waals surface area contributed by atoms with Gasteiger partial charge in [0.05, 0.1) is 18.5 Å². The lowest BCUT2D eigenvalue weighted by molar-refractivity contribution is 0.485. The zero-order valence-corrected chi connectivity index (χ0v) is 15.2. The van der Waals surface area contributed by atoms with Gasteiger partial charge in [-0.2, -0.15) is 0 Å². The Morgan fingerprint density at radius 3 is 2.85 bits per heavy atom. The Labute approximate surface area is 158 Å². The molecule has 4 heterocycles. The molecule has 0 atom stereocenters. The summed E-state index contributed by atoms with van der Waals surface area (Å²) in [7, 11) is 0. The number of aryl methyl sites for hydroxylation is 1. The standard InChI is InChI=1S/C18H15FN6OS/c1-2-14-15(19)17(22-11-21-14)27-18-24-23-16(12-5-3-7-20-9-12)25(18)10-13-6-4-8-26-13/h3-9,11H,2,10H2,1H3. The summed E-state index contributed by atoms with van der Waals surface area (Å²) in [6, 6.07) is 7.39. The summed E-state index contributed by atoms with van der Waals surface area (Å²) in [6.07, 6.45) is 6.85. The predicted molar refractivity (Wildman–Crippen MR) is 96.6 cm³/mol. The molecule has 136 valence electrons. The van der Waals surface area contributed by atoms with Crippen LogP contribution < -0.4 is 0 Å². The maximum Gasteiger partial charge on any atom is 0.198 e. The predicted octanol–water partition coefficient (Wildman–Crippen LogP) is 3.62. The third-order valence-electron chi connectivity index (χ3n) is 3.88. The van der Waals surface area contributed by atoms with Crippen molar-refractivity contribution in [3.63, 3.8) is 0 Å². The van der Waals surface area contributed by atoms with Crippen LogP contribution in [0.2, 0.25) is 0 Å². The summed E-state index contributed by atoms with van der Waals surface area (Å²) >= 11 is 1.11. The van der Waals surface area contributed by atoms with Crippen LogP contribution in [0.5, 0.6) is 0 Å². The molecule has 4 aromatic heterocycles. The first-order chi connectivity index (χ1) is 13.3. The van der Waals surface area contributed by atoms with Crippen molar-refractivity contribution >= 4 is 11.8 Å². The fraction of sp³-hybridized carbons (Fsp3) is 0.167. The molecular formula is C18H15FN6OS. The lowest BCUT2D eigenvalue weighted by Crippen LogP contribution is -2.04. The van der Waals surface area contributed by atoms with E-state index in [1.807, 2.05) is 35.8 Å². The van der Waals surface area contributed by atoms with E-state index >= 15 is 0 Å². The van der Waals surface area contributed by atoms with E-state index in [1.54, 1.807) is 18.7 Å². The number of rotatable bonds is 6. The van der Waals surface area contributed by atoms with Crippen LogP contribution in [0.1, 0.15) is 18.4 Å². The van der Waals surface area contributed by atoms with Gasteiger partial charge < -0.3 is 4.42 Å². The second-order valence-electron chi connectivity index (χ2n) is 5.61. The molecule has 0 amide bonds. The molecule has 27 heavy (non-hydrogen) atoms. The van der Waals surface area contributed by atoms with Crippen LogP contribution in [0.3, 0.4) is 0 Å². The lowest BCUT2D eigenvalue weighted by Gasteiger charge is -2.09. The van der Waals surface area contributed by atoms with Crippen LogP contribution in [0.25, 0.3) is 11.4 Å². The van der Waals surface area contributed by atoms with Crippen molar-refractivity contribution in [3.05, 3.63) is 66.5 Å². The summed E-state index contributed by atoms with van der Waals surface area (Å²) in [4.78, 5) is 12.2. The maximum absolute atomic E-state index is 14.6. The van der Waals surface area contributed by atoms with Crippen LogP contribution in [0, 0.1) is 5.82 Å². The van der Waals surface area contributed by atoms with Gasteiger partial charge in [0.15, 0.2) is 16.8 Å². The zero-order valence-electron chi connectivity index (χ0n) is 14.4. The Balaban J connectivity index is 1.75. The summed E-state index contributed by atoms with van der Waals surface area (Å²) in [5.74, 6) is 0.923. The summed E-state index contributed by atoms with van der Waals surface area (Å²) in [6.45, 7) is 2.25. The summed E-state index contributed by atoms with van der Waals surface area (Å²) in [5.41, 5.74) is 1.18. The van der Waals surface area contributed by atoms with Crippen LogP contribution in [0.15, 0.2) is 63.8 Å². The molecule has 0 aliphatic rings. The van der Waals surface area contributed by atoms with Crippen molar-refractivity contribution < 1.29 is 8.81 Å². The third-order valence-corrected chi connectivity index (χ3v) is 4.85. The van der Waals surface area contributed by atoms with Gasteiger partial charge in [-0.05, 0) is 42.4 Å². The molecule has 0 radical (unpaired) electrons. The number of furan rings is 1. The van der Waals surface area contributed by atoms with Gasteiger partial charge in [-0.15, -0.1) is 10.2 Å². The van der Waals surface area contributed by atoms with Crippen molar-refractivity contribution in [1.82, 2.24) is 29.7 Å². The van der Waals surface area contributed by atoms with Crippen molar-refractivity contribution in [2.45, 2.75) is 30.1 Å². The average Bonchev–Trinajstić information content (AvgIpc) is 3.35. The van der Waals surface area contributed by atoms with Crippen LogP contribution in [-0.4, -0.2) is 29.7 Å². The molecule has 4 aromatic rings. The van der Waals surface area contributed by atoms with E-state index in [-0.39, 0.29) is 5.03 Å². The molecule has 0 aliphatic heterocycles. The average molecular weight is 382 g/mol. The molecular weight excluding hydrogens is 367 g/mol. The molecule has 0 saturated carbocycles. The number of halogens is 1. The fourth-order valence-corrected chi connectivity index (χ4v) is 3.39. The minimum absolute atomic E-state index is 0.215. The van der Waals surface area contributed by atoms with Crippen molar-refractivity contribution in [1.29, 1.82) is 0 Å². The molecule has 0 unspecified atom stereocenters. The van der Waals surface area contributed by atoms with Crippen molar-refractivity contribution in [2.24, 2.45) is 0 Å². The normalized spacial score (nSPS) is 11.0. The van der Waals surface area contributed by atoms with Gasteiger partial charge in [0.1, 0.15) is 17.1 Å². The molecule has 0 fully saturated rings. The fourth-order valence-electron chi connectivity index (χ4n) is 2.57. The molecule has 0 aliphatic carbocycles. The quantitative estimate of drug-likeness (QED) is 0.471. The topological polar surface area (TPSA) is 82.5 Å². The van der Waals surface area contributed by atoms with Gasteiger partial charge in [-0.1, -0.05) is 6.92 Å². The minimum Gasteiger partial charge on any atom is -0.467 e. The molecule has 0 saturated heterocycles. The van der Waals surface area contributed by atoms with E-state index in [0.717, 1.165) is 23.1 Å². The highest BCUT2D eigenvalue weighted by atomic mass is 32.2. The first-order valence-electron chi connectivity index (χ1n) is 8.29. The first-order valence-corrected chi connectivity index (χ1v) is 9.11. The van der Waals surface area contributed by atoms with E-state index in [9.17, 15) is 4.39 Å². The second kappa shape index (κ2) is 7.67. The Morgan fingerprint density at radius 1 is 1.19 bits per heavy atom. The zero-order chi connectivity index (χ0) is 18.6. The van der Waals surface area contributed by atoms with Gasteiger partial charge in [0.2, 0.25) is 0 Å². The largest absolute Gasteiger partial charge is 0.467 e. The number of hydrogen-bond donors (Lipinski definition) is 0. The number of nitrogens with zero attached hydrogens (tertiary/aromatic N) is 6. The number of aromatic nitrogens is 6. The molecule has 9 heteroatoms. The number of pyridine rings is 1. The summed E-state index contributed by atoms with van der Waals surface area (Å²) in [5, 5.41) is 9.24. The maximum atomic E-state index is 14.6. The monoisotopic (exact) mass is 382 g/mol. The van der Waals surface area contributed by atoms with E-state index in [1.165, 1.54) is 6.33 Å². The van der Waals surface area contributed by atoms with Crippen LogP contribution >= 0.6 is 11.8 Å². The molecule has 7 nitrogen and oxygen atoms in total. The van der Waals surface area contributed by atoms with E-state index < -0.39 is 5.82 Å². The van der Waals surface area contributed by atoms with Gasteiger partial charge in [-0.3, -0.25) is 9.55 Å². The van der Waals surface area contributed by atoms with Crippen molar-refractivity contribution in [3.8, 4) is 11.4 Å². The molecule has 0 bridgehead atoms. The highest BCUT2D eigenvalue weighted by molar-refractivity contribution is 7.99. The van der Waals surface area contributed by atoms with E-state index in [2.05, 4.69) is 25.1 Å². The number of hydrogen-bond acceptors (Lipinski definition) is 7. The Bertz CT molecular complexity index is 1040. The molecule has 0 spiro atoms. The van der Waals surface area contributed by atoms with E-state index in [0.29, 0.717) is 29.6 Å². The SMILES string of the molecule is CCc1ncnc(Sc2nnc(-c3cccnc3)n2Cc2ccco2)c1F. The highest BCUT2D eigenvalue weighted by Crippen LogP contribution is 2.31. The second-order valence-corrected chi connectivity index (χ2v) is 6.56. The third kappa shape index (κ3) is 3.59. The Morgan fingerprint density at radius 2 is 2.11 bits per heavy atom.